The molecular formula is C16H25Cl2N3O3S. The standard InChI is InChI=1S/C16H24ClN3O3S.ClH/c1-24(22,23)10-8-14(18)16(21)19-12-5-4-9-20(11-12)15-7-3-2-6-13(15)17;/h2-3,6-7,12,14H,4-5,8-11,18H2,1H3,(H,19,21);1H. The average Bonchev–Trinajstić information content (AvgIpc) is 2.52. The minimum atomic E-state index is -3.12. The summed E-state index contributed by atoms with van der Waals surface area (Å²) in [5.74, 6) is -0.387. The summed E-state index contributed by atoms with van der Waals surface area (Å²) in [7, 11) is -3.12. The normalized spacial score (nSPS) is 19.0. The zero-order chi connectivity index (χ0) is 17.7. The van der Waals surface area contributed by atoms with E-state index in [0.717, 1.165) is 31.3 Å². The van der Waals surface area contributed by atoms with Crippen LogP contribution in [0.25, 0.3) is 0 Å². The number of amides is 1. The number of hydrogen-bond donors (Lipinski definition) is 2. The summed E-state index contributed by atoms with van der Waals surface area (Å²) < 4.78 is 22.3. The number of benzene rings is 1. The van der Waals surface area contributed by atoms with Crippen LogP contribution < -0.4 is 16.0 Å². The molecule has 2 unspecified atom stereocenters. The summed E-state index contributed by atoms with van der Waals surface area (Å²) in [6.07, 6.45) is 3.08. The number of nitrogens with two attached hydrogens (primary N) is 1. The molecule has 0 aliphatic carbocycles. The molecule has 0 spiro atoms. The molecule has 3 N–H and O–H groups in total. The van der Waals surface area contributed by atoms with Crippen LogP contribution in [0.1, 0.15) is 19.3 Å². The monoisotopic (exact) mass is 409 g/mol. The molecular weight excluding hydrogens is 385 g/mol. The third-order valence-electron chi connectivity index (χ3n) is 4.10. The molecule has 1 amide bonds. The SMILES string of the molecule is CS(=O)(=O)CCC(N)C(=O)NC1CCCN(c2ccccc2Cl)C1.Cl. The lowest BCUT2D eigenvalue weighted by Gasteiger charge is -2.35. The first-order valence-corrected chi connectivity index (χ1v) is 10.4. The predicted molar refractivity (Wildman–Crippen MR) is 104 cm³/mol. The van der Waals surface area contributed by atoms with Crippen molar-refractivity contribution < 1.29 is 13.2 Å². The molecule has 0 aromatic heterocycles. The fraction of sp³-hybridized carbons (Fsp3) is 0.562. The Morgan fingerprint density at radius 2 is 2.12 bits per heavy atom. The summed E-state index contributed by atoms with van der Waals surface area (Å²) in [5, 5.41) is 3.62. The molecule has 0 bridgehead atoms. The number of nitrogens with one attached hydrogen (secondary N) is 1. The third-order valence-corrected chi connectivity index (χ3v) is 5.39. The van der Waals surface area contributed by atoms with Crippen LogP contribution in [0.15, 0.2) is 24.3 Å². The van der Waals surface area contributed by atoms with Gasteiger partial charge in [-0.2, -0.15) is 0 Å². The van der Waals surface area contributed by atoms with Crippen molar-refractivity contribution >= 4 is 45.4 Å². The zero-order valence-electron chi connectivity index (χ0n) is 14.2. The summed E-state index contributed by atoms with van der Waals surface area (Å²) in [6.45, 7) is 1.55. The largest absolute Gasteiger partial charge is 0.368 e. The lowest BCUT2D eigenvalue weighted by molar-refractivity contribution is -0.123. The minimum absolute atomic E-state index is 0. The number of anilines is 1. The van der Waals surface area contributed by atoms with Gasteiger partial charge in [0.1, 0.15) is 9.84 Å². The maximum absolute atomic E-state index is 12.2. The van der Waals surface area contributed by atoms with Gasteiger partial charge in [-0.15, -0.1) is 12.4 Å². The van der Waals surface area contributed by atoms with E-state index in [0.29, 0.717) is 11.6 Å². The Morgan fingerprint density at radius 3 is 2.76 bits per heavy atom. The second kappa shape index (κ2) is 9.62. The molecule has 1 aromatic rings. The van der Waals surface area contributed by atoms with E-state index >= 15 is 0 Å². The zero-order valence-corrected chi connectivity index (χ0v) is 16.5. The van der Waals surface area contributed by atoms with E-state index in [-0.39, 0.29) is 36.5 Å². The van der Waals surface area contributed by atoms with E-state index in [9.17, 15) is 13.2 Å². The van der Waals surface area contributed by atoms with Gasteiger partial charge in [0.15, 0.2) is 0 Å². The summed E-state index contributed by atoms with van der Waals surface area (Å²) >= 11 is 6.24. The van der Waals surface area contributed by atoms with Crippen LogP contribution in [0.3, 0.4) is 0 Å². The number of piperidine rings is 1. The van der Waals surface area contributed by atoms with Crippen molar-refractivity contribution in [2.75, 3.05) is 30.0 Å². The van der Waals surface area contributed by atoms with E-state index < -0.39 is 15.9 Å². The minimum Gasteiger partial charge on any atom is -0.368 e. The van der Waals surface area contributed by atoms with Crippen LogP contribution in [-0.2, 0) is 14.6 Å². The van der Waals surface area contributed by atoms with Crippen LogP contribution in [0.2, 0.25) is 5.02 Å². The molecule has 1 aliphatic heterocycles. The van der Waals surface area contributed by atoms with Crippen LogP contribution >= 0.6 is 24.0 Å². The fourth-order valence-corrected chi connectivity index (χ4v) is 3.74. The number of carbonyl (C=O) groups excluding carboxylic acids is 1. The number of carbonyl (C=O) groups is 1. The van der Waals surface area contributed by atoms with Gasteiger partial charge in [0.25, 0.3) is 0 Å². The van der Waals surface area contributed by atoms with Gasteiger partial charge in [0, 0.05) is 25.4 Å². The van der Waals surface area contributed by atoms with Crippen LogP contribution in [0.4, 0.5) is 5.69 Å². The van der Waals surface area contributed by atoms with Crippen LogP contribution in [0, 0.1) is 0 Å². The van der Waals surface area contributed by atoms with Gasteiger partial charge in [-0.25, -0.2) is 8.42 Å². The van der Waals surface area contributed by atoms with Crippen molar-refractivity contribution in [1.29, 1.82) is 0 Å². The Balaban J connectivity index is 0.00000312. The number of halogens is 2. The first kappa shape index (κ1) is 22.0. The Labute approximate surface area is 160 Å². The number of hydrogen-bond acceptors (Lipinski definition) is 5. The highest BCUT2D eigenvalue weighted by Crippen LogP contribution is 2.27. The Bertz CT molecular complexity index is 685. The van der Waals surface area contributed by atoms with E-state index in [1.807, 2.05) is 24.3 Å². The lowest BCUT2D eigenvalue weighted by Crippen LogP contribution is -2.52. The van der Waals surface area contributed by atoms with Crippen molar-refractivity contribution in [2.45, 2.75) is 31.3 Å². The summed E-state index contributed by atoms with van der Waals surface area (Å²) in [6, 6.07) is 6.80. The van der Waals surface area contributed by atoms with Gasteiger partial charge in [-0.3, -0.25) is 4.79 Å². The molecule has 1 aliphatic rings. The number of rotatable bonds is 6. The maximum atomic E-state index is 12.2. The molecule has 9 heteroatoms. The second-order valence-corrected chi connectivity index (χ2v) is 8.94. The molecule has 1 aromatic carbocycles. The predicted octanol–water partition coefficient (Wildman–Crippen LogP) is 1.61. The molecule has 0 saturated carbocycles. The summed E-state index contributed by atoms with van der Waals surface area (Å²) in [5.41, 5.74) is 6.76. The maximum Gasteiger partial charge on any atom is 0.237 e. The summed E-state index contributed by atoms with van der Waals surface area (Å²) in [4.78, 5) is 14.3. The molecule has 6 nitrogen and oxygen atoms in total. The van der Waals surface area contributed by atoms with E-state index in [2.05, 4.69) is 10.2 Å². The number of sulfone groups is 1. The van der Waals surface area contributed by atoms with E-state index in [1.54, 1.807) is 0 Å². The molecule has 0 radical (unpaired) electrons. The highest BCUT2D eigenvalue weighted by molar-refractivity contribution is 7.90. The molecule has 142 valence electrons. The average molecular weight is 410 g/mol. The van der Waals surface area contributed by atoms with Crippen LogP contribution in [0.5, 0.6) is 0 Å². The second-order valence-electron chi connectivity index (χ2n) is 6.27. The Hall–Kier alpha value is -1.02. The number of para-hydroxylation sites is 1. The van der Waals surface area contributed by atoms with Gasteiger partial charge in [-0.05, 0) is 31.4 Å². The van der Waals surface area contributed by atoms with E-state index in [1.165, 1.54) is 0 Å². The van der Waals surface area contributed by atoms with Crippen molar-refractivity contribution in [2.24, 2.45) is 5.73 Å². The Morgan fingerprint density at radius 1 is 1.44 bits per heavy atom. The van der Waals surface area contributed by atoms with Crippen molar-refractivity contribution in [3.63, 3.8) is 0 Å². The van der Waals surface area contributed by atoms with Gasteiger partial charge in [0.05, 0.1) is 22.5 Å². The molecule has 2 atom stereocenters. The van der Waals surface area contributed by atoms with Gasteiger partial charge in [-0.1, -0.05) is 23.7 Å². The smallest absolute Gasteiger partial charge is 0.237 e. The highest BCUT2D eigenvalue weighted by atomic mass is 35.5. The van der Waals surface area contributed by atoms with E-state index in [4.69, 9.17) is 17.3 Å². The molecule has 1 saturated heterocycles. The first-order chi connectivity index (χ1) is 11.3. The third kappa shape index (κ3) is 7.01. The van der Waals surface area contributed by atoms with Gasteiger partial charge < -0.3 is 16.0 Å². The van der Waals surface area contributed by atoms with Gasteiger partial charge >= 0.3 is 0 Å². The molecule has 1 fully saturated rings. The van der Waals surface area contributed by atoms with Gasteiger partial charge in [0.2, 0.25) is 5.91 Å². The van der Waals surface area contributed by atoms with Crippen molar-refractivity contribution in [3.05, 3.63) is 29.3 Å². The highest BCUT2D eigenvalue weighted by Gasteiger charge is 2.25. The fourth-order valence-electron chi connectivity index (χ4n) is 2.80. The quantitative estimate of drug-likeness (QED) is 0.744. The van der Waals surface area contributed by atoms with Crippen molar-refractivity contribution in [1.82, 2.24) is 5.32 Å². The number of nitrogens with zero attached hydrogens (tertiary/aromatic N) is 1. The lowest BCUT2D eigenvalue weighted by atomic mass is 10.0. The molecule has 2 rings (SSSR count). The first-order valence-electron chi connectivity index (χ1n) is 7.99. The molecule has 25 heavy (non-hydrogen) atoms. The molecule has 1 heterocycles. The van der Waals surface area contributed by atoms with Crippen molar-refractivity contribution in [3.8, 4) is 0 Å². The van der Waals surface area contributed by atoms with Crippen LogP contribution in [-0.4, -0.2) is 51.5 Å². The topological polar surface area (TPSA) is 92.5 Å². The Kier molecular flexibility index (Phi) is 8.47.